The Balaban J connectivity index is 1.94. The zero-order valence-corrected chi connectivity index (χ0v) is 14.6. The van der Waals surface area contributed by atoms with Crippen molar-refractivity contribution in [1.29, 1.82) is 0 Å². The third-order valence-electron chi connectivity index (χ3n) is 4.42. The van der Waals surface area contributed by atoms with E-state index in [2.05, 4.69) is 10.6 Å². The Morgan fingerprint density at radius 1 is 1.29 bits per heavy atom. The van der Waals surface area contributed by atoms with E-state index < -0.39 is 6.10 Å². The minimum Gasteiger partial charge on any atom is -0.391 e. The van der Waals surface area contributed by atoms with Gasteiger partial charge in [-0.05, 0) is 57.4 Å². The summed E-state index contributed by atoms with van der Waals surface area (Å²) in [6.07, 6.45) is 1.94. The summed E-state index contributed by atoms with van der Waals surface area (Å²) in [6.45, 7) is 6.99. The second kappa shape index (κ2) is 7.66. The molecular formula is C18H27N3O3. The van der Waals surface area contributed by atoms with Crippen molar-refractivity contribution in [3.8, 4) is 0 Å². The number of β-amino-alcohol motifs (C(OH)–C–C–N with tert-alkyl or cyclic N) is 1. The summed E-state index contributed by atoms with van der Waals surface area (Å²) < 4.78 is 0. The molecule has 2 rings (SSSR count). The van der Waals surface area contributed by atoms with Crippen LogP contribution < -0.4 is 10.6 Å². The van der Waals surface area contributed by atoms with E-state index >= 15 is 0 Å². The van der Waals surface area contributed by atoms with Crippen LogP contribution >= 0.6 is 0 Å². The van der Waals surface area contributed by atoms with Gasteiger partial charge in [0.25, 0.3) is 5.91 Å². The van der Waals surface area contributed by atoms with Crippen LogP contribution in [0.2, 0.25) is 0 Å². The number of carbonyl (C=O) groups excluding carboxylic acids is 2. The molecular weight excluding hydrogens is 306 g/mol. The number of nitrogens with zero attached hydrogens (tertiary/aromatic N) is 1. The third kappa shape index (κ3) is 4.96. The predicted molar refractivity (Wildman–Crippen MR) is 94.1 cm³/mol. The maximum Gasteiger partial charge on any atom is 0.321 e. The number of aliphatic hydroxyl groups is 1. The first-order valence-corrected chi connectivity index (χ1v) is 8.47. The number of hydrogen-bond acceptors (Lipinski definition) is 3. The molecule has 0 saturated carbocycles. The molecule has 0 aliphatic carbocycles. The zero-order chi connectivity index (χ0) is 17.7. The third-order valence-corrected chi connectivity index (χ3v) is 4.42. The highest BCUT2D eigenvalue weighted by Gasteiger charge is 2.22. The van der Waals surface area contributed by atoms with E-state index in [9.17, 15) is 14.7 Å². The van der Waals surface area contributed by atoms with E-state index in [1.165, 1.54) is 0 Å². The Morgan fingerprint density at radius 3 is 2.54 bits per heavy atom. The number of urea groups is 1. The molecule has 132 valence electrons. The highest BCUT2D eigenvalue weighted by molar-refractivity contribution is 5.96. The smallest absolute Gasteiger partial charge is 0.321 e. The van der Waals surface area contributed by atoms with Gasteiger partial charge in [0.05, 0.1) is 6.10 Å². The summed E-state index contributed by atoms with van der Waals surface area (Å²) in [7, 11) is 0. The summed E-state index contributed by atoms with van der Waals surface area (Å²) in [5, 5.41) is 15.4. The molecule has 0 aromatic heterocycles. The maximum absolute atomic E-state index is 12.2. The zero-order valence-electron chi connectivity index (χ0n) is 14.6. The molecule has 0 radical (unpaired) electrons. The first kappa shape index (κ1) is 18.3. The number of carbonyl (C=O) groups is 2. The molecule has 1 aromatic rings. The second-order valence-corrected chi connectivity index (χ2v) is 6.94. The summed E-state index contributed by atoms with van der Waals surface area (Å²) in [5.74, 6) is -0.126. The summed E-state index contributed by atoms with van der Waals surface area (Å²) in [5.41, 5.74) is 0.938. The van der Waals surface area contributed by atoms with Crippen LogP contribution in [0, 0.1) is 0 Å². The molecule has 0 bridgehead atoms. The lowest BCUT2D eigenvalue weighted by Crippen LogP contribution is -2.44. The number of amides is 3. The molecule has 0 spiro atoms. The van der Waals surface area contributed by atoms with E-state index in [4.69, 9.17) is 0 Å². The van der Waals surface area contributed by atoms with Crippen LogP contribution in [0.4, 0.5) is 10.5 Å². The number of hydrogen-bond donors (Lipinski definition) is 3. The summed E-state index contributed by atoms with van der Waals surface area (Å²) >= 11 is 0. The number of rotatable bonds is 4. The molecule has 1 atom stereocenters. The normalized spacial score (nSPS) is 18.2. The first-order chi connectivity index (χ1) is 11.3. The fraction of sp³-hybridized carbons (Fsp3) is 0.556. The molecule has 1 aromatic carbocycles. The van der Waals surface area contributed by atoms with Crippen LogP contribution in [-0.4, -0.2) is 46.7 Å². The van der Waals surface area contributed by atoms with Crippen molar-refractivity contribution in [2.24, 2.45) is 0 Å². The SMILES string of the molecule is CCC(C)(C)NC(=O)c1ccc(NC(=O)N2CCCC(O)C2)cc1. The van der Waals surface area contributed by atoms with Crippen molar-refractivity contribution in [2.45, 2.75) is 51.7 Å². The fourth-order valence-electron chi connectivity index (χ4n) is 2.51. The van der Waals surface area contributed by atoms with E-state index in [1.807, 2.05) is 20.8 Å². The molecule has 1 saturated heterocycles. The number of nitrogens with one attached hydrogen (secondary N) is 2. The van der Waals surface area contributed by atoms with Crippen LogP contribution in [0.1, 0.15) is 50.4 Å². The second-order valence-electron chi connectivity index (χ2n) is 6.94. The van der Waals surface area contributed by atoms with Gasteiger partial charge in [-0.3, -0.25) is 4.79 Å². The average Bonchev–Trinajstić information content (AvgIpc) is 2.55. The van der Waals surface area contributed by atoms with Gasteiger partial charge in [-0.2, -0.15) is 0 Å². The van der Waals surface area contributed by atoms with Gasteiger partial charge in [-0.15, -0.1) is 0 Å². The Morgan fingerprint density at radius 2 is 1.96 bits per heavy atom. The van der Waals surface area contributed by atoms with Gasteiger partial charge in [0.1, 0.15) is 0 Å². The molecule has 3 amide bonds. The Bertz CT molecular complexity index is 584. The number of piperidine rings is 1. The van der Waals surface area contributed by atoms with Crippen molar-refractivity contribution < 1.29 is 14.7 Å². The Labute approximate surface area is 143 Å². The number of benzene rings is 1. The highest BCUT2D eigenvalue weighted by atomic mass is 16.3. The van der Waals surface area contributed by atoms with Crippen molar-refractivity contribution in [3.63, 3.8) is 0 Å². The number of aliphatic hydroxyl groups excluding tert-OH is 1. The molecule has 1 unspecified atom stereocenters. The highest BCUT2D eigenvalue weighted by Crippen LogP contribution is 2.15. The molecule has 1 aliphatic rings. The average molecular weight is 333 g/mol. The molecule has 6 heteroatoms. The van der Waals surface area contributed by atoms with Crippen LogP contribution in [0.5, 0.6) is 0 Å². The van der Waals surface area contributed by atoms with Gasteiger partial charge in [0, 0.05) is 29.9 Å². The van der Waals surface area contributed by atoms with Crippen LogP contribution in [0.15, 0.2) is 24.3 Å². The molecule has 6 nitrogen and oxygen atoms in total. The van der Waals surface area contributed by atoms with Crippen LogP contribution in [0.25, 0.3) is 0 Å². The largest absolute Gasteiger partial charge is 0.391 e. The van der Waals surface area contributed by atoms with Gasteiger partial charge < -0.3 is 20.6 Å². The number of anilines is 1. The fourth-order valence-corrected chi connectivity index (χ4v) is 2.51. The molecule has 1 fully saturated rings. The molecule has 3 N–H and O–H groups in total. The number of likely N-dealkylation sites (tertiary alicyclic amines) is 1. The summed E-state index contributed by atoms with van der Waals surface area (Å²) in [6, 6.07) is 6.60. The van der Waals surface area contributed by atoms with Gasteiger partial charge in [0.2, 0.25) is 0 Å². The van der Waals surface area contributed by atoms with Gasteiger partial charge >= 0.3 is 6.03 Å². The lowest BCUT2D eigenvalue weighted by Gasteiger charge is -2.30. The Hall–Kier alpha value is -2.08. The molecule has 24 heavy (non-hydrogen) atoms. The molecule has 1 aliphatic heterocycles. The standard InChI is InChI=1S/C18H27N3O3/c1-4-18(2,3)20-16(23)13-7-9-14(10-8-13)19-17(24)21-11-5-6-15(22)12-21/h7-10,15,22H,4-6,11-12H2,1-3H3,(H,19,24)(H,20,23). The van der Waals surface area contributed by atoms with E-state index in [0.29, 0.717) is 24.3 Å². The van der Waals surface area contributed by atoms with Crippen molar-refractivity contribution in [3.05, 3.63) is 29.8 Å². The predicted octanol–water partition coefficient (Wildman–Crippen LogP) is 2.59. The quantitative estimate of drug-likeness (QED) is 0.792. The van der Waals surface area contributed by atoms with Gasteiger partial charge in [-0.1, -0.05) is 6.92 Å². The van der Waals surface area contributed by atoms with E-state index in [0.717, 1.165) is 19.3 Å². The van der Waals surface area contributed by atoms with Crippen molar-refractivity contribution >= 4 is 17.6 Å². The van der Waals surface area contributed by atoms with Crippen LogP contribution in [-0.2, 0) is 0 Å². The monoisotopic (exact) mass is 333 g/mol. The van der Waals surface area contributed by atoms with Gasteiger partial charge in [0.15, 0.2) is 0 Å². The lowest BCUT2D eigenvalue weighted by molar-refractivity contribution is 0.0883. The molecule has 1 heterocycles. The van der Waals surface area contributed by atoms with E-state index in [1.54, 1.807) is 29.2 Å². The van der Waals surface area contributed by atoms with Crippen molar-refractivity contribution in [2.75, 3.05) is 18.4 Å². The minimum absolute atomic E-state index is 0.126. The Kier molecular flexibility index (Phi) is 5.83. The van der Waals surface area contributed by atoms with E-state index in [-0.39, 0.29) is 17.5 Å². The van der Waals surface area contributed by atoms with Crippen molar-refractivity contribution in [1.82, 2.24) is 10.2 Å². The minimum atomic E-state index is -0.447. The van der Waals surface area contributed by atoms with Gasteiger partial charge in [-0.25, -0.2) is 4.79 Å². The lowest BCUT2D eigenvalue weighted by atomic mass is 10.0. The summed E-state index contributed by atoms with van der Waals surface area (Å²) in [4.78, 5) is 26.0. The van der Waals surface area contributed by atoms with Crippen LogP contribution in [0.3, 0.4) is 0 Å². The maximum atomic E-state index is 12.2. The first-order valence-electron chi connectivity index (χ1n) is 8.47. The topological polar surface area (TPSA) is 81.7 Å².